The molecule has 1 rings (SSSR count). The highest BCUT2D eigenvalue weighted by molar-refractivity contribution is 5.77. The van der Waals surface area contributed by atoms with Gasteiger partial charge < -0.3 is 25.0 Å². The van der Waals surface area contributed by atoms with E-state index in [0.29, 0.717) is 39.3 Å². The van der Waals surface area contributed by atoms with E-state index in [-0.39, 0.29) is 24.5 Å². The standard InChI is InChI=1S/C12H23N3O4/c1-3-19-12(17)15-6-4-14(5-7-15)11(16)8-10(9-13)18-2/h10H,3-9,13H2,1-2H3. The summed E-state index contributed by atoms with van der Waals surface area (Å²) in [7, 11) is 1.55. The van der Waals surface area contributed by atoms with Gasteiger partial charge >= 0.3 is 6.09 Å². The van der Waals surface area contributed by atoms with Crippen LogP contribution in [0.3, 0.4) is 0 Å². The van der Waals surface area contributed by atoms with Crippen molar-refractivity contribution in [1.29, 1.82) is 0 Å². The van der Waals surface area contributed by atoms with Crippen LogP contribution < -0.4 is 5.73 Å². The zero-order valence-electron chi connectivity index (χ0n) is 11.6. The Balaban J connectivity index is 2.36. The van der Waals surface area contributed by atoms with Gasteiger partial charge in [-0.25, -0.2) is 4.79 Å². The van der Waals surface area contributed by atoms with E-state index in [9.17, 15) is 9.59 Å². The Morgan fingerprint density at radius 1 is 1.21 bits per heavy atom. The highest BCUT2D eigenvalue weighted by atomic mass is 16.6. The number of hydrogen-bond acceptors (Lipinski definition) is 5. The van der Waals surface area contributed by atoms with E-state index in [1.807, 2.05) is 0 Å². The van der Waals surface area contributed by atoms with Crippen LogP contribution in [0.5, 0.6) is 0 Å². The number of piperazine rings is 1. The van der Waals surface area contributed by atoms with Crippen molar-refractivity contribution in [3.05, 3.63) is 0 Å². The van der Waals surface area contributed by atoms with E-state index in [1.54, 1.807) is 23.8 Å². The molecule has 1 atom stereocenters. The molecule has 0 bridgehead atoms. The molecule has 1 fully saturated rings. The molecule has 0 saturated carbocycles. The van der Waals surface area contributed by atoms with Gasteiger partial charge in [0, 0.05) is 39.8 Å². The minimum Gasteiger partial charge on any atom is -0.450 e. The SMILES string of the molecule is CCOC(=O)N1CCN(C(=O)CC(CN)OC)CC1. The van der Waals surface area contributed by atoms with Gasteiger partial charge in [0.15, 0.2) is 0 Å². The molecule has 110 valence electrons. The Kier molecular flexibility index (Phi) is 6.58. The van der Waals surface area contributed by atoms with Gasteiger partial charge in [-0.3, -0.25) is 4.79 Å². The zero-order chi connectivity index (χ0) is 14.3. The van der Waals surface area contributed by atoms with Crippen molar-refractivity contribution in [3.63, 3.8) is 0 Å². The molecule has 0 aromatic carbocycles. The van der Waals surface area contributed by atoms with Crippen LogP contribution in [0.15, 0.2) is 0 Å². The second-order valence-corrected chi connectivity index (χ2v) is 4.36. The molecule has 7 nitrogen and oxygen atoms in total. The highest BCUT2D eigenvalue weighted by Crippen LogP contribution is 2.07. The molecule has 0 spiro atoms. The van der Waals surface area contributed by atoms with Crippen LogP contribution in [0.25, 0.3) is 0 Å². The number of rotatable bonds is 5. The van der Waals surface area contributed by atoms with E-state index in [0.717, 1.165) is 0 Å². The van der Waals surface area contributed by atoms with Gasteiger partial charge in [0.05, 0.1) is 19.1 Å². The first-order valence-corrected chi connectivity index (χ1v) is 6.54. The fourth-order valence-corrected chi connectivity index (χ4v) is 1.94. The van der Waals surface area contributed by atoms with E-state index in [2.05, 4.69) is 0 Å². The summed E-state index contributed by atoms with van der Waals surface area (Å²) < 4.78 is 10.0. The molecule has 1 aliphatic heterocycles. The van der Waals surface area contributed by atoms with Crippen molar-refractivity contribution < 1.29 is 19.1 Å². The van der Waals surface area contributed by atoms with Gasteiger partial charge in [-0.2, -0.15) is 0 Å². The predicted octanol–water partition coefficient (Wildman–Crippen LogP) is -0.349. The molecule has 1 saturated heterocycles. The zero-order valence-corrected chi connectivity index (χ0v) is 11.6. The lowest BCUT2D eigenvalue weighted by molar-refractivity contribution is -0.135. The van der Waals surface area contributed by atoms with Crippen LogP contribution in [-0.2, 0) is 14.3 Å². The lowest BCUT2D eigenvalue weighted by Crippen LogP contribution is -2.51. The van der Waals surface area contributed by atoms with Gasteiger partial charge in [0.1, 0.15) is 0 Å². The lowest BCUT2D eigenvalue weighted by atomic mass is 10.2. The van der Waals surface area contributed by atoms with Crippen molar-refractivity contribution in [2.75, 3.05) is 46.4 Å². The van der Waals surface area contributed by atoms with Crippen LogP contribution in [0.2, 0.25) is 0 Å². The molecule has 2 N–H and O–H groups in total. The fourth-order valence-electron chi connectivity index (χ4n) is 1.94. The van der Waals surface area contributed by atoms with Crippen LogP contribution in [0.1, 0.15) is 13.3 Å². The monoisotopic (exact) mass is 273 g/mol. The van der Waals surface area contributed by atoms with Gasteiger partial charge in [0.2, 0.25) is 5.91 Å². The molecule has 0 aliphatic carbocycles. The number of hydrogen-bond donors (Lipinski definition) is 1. The summed E-state index contributed by atoms with van der Waals surface area (Å²) in [4.78, 5) is 26.8. The molecular formula is C12H23N3O4. The summed E-state index contributed by atoms with van der Waals surface area (Å²) in [6, 6.07) is 0. The van der Waals surface area contributed by atoms with Crippen molar-refractivity contribution in [1.82, 2.24) is 9.80 Å². The van der Waals surface area contributed by atoms with E-state index in [4.69, 9.17) is 15.2 Å². The topological polar surface area (TPSA) is 85.1 Å². The van der Waals surface area contributed by atoms with Gasteiger partial charge in [-0.15, -0.1) is 0 Å². The van der Waals surface area contributed by atoms with Crippen molar-refractivity contribution in [2.24, 2.45) is 5.73 Å². The van der Waals surface area contributed by atoms with E-state index < -0.39 is 0 Å². The molecule has 1 heterocycles. The summed E-state index contributed by atoms with van der Waals surface area (Å²) >= 11 is 0. The Bertz CT molecular complexity index is 299. The normalized spacial score (nSPS) is 17.2. The summed E-state index contributed by atoms with van der Waals surface area (Å²) in [6.45, 7) is 4.53. The minimum absolute atomic E-state index is 0.0146. The quantitative estimate of drug-likeness (QED) is 0.740. The summed E-state index contributed by atoms with van der Waals surface area (Å²) in [5.74, 6) is 0.0146. The molecule has 0 aromatic heterocycles. The molecule has 0 aromatic rings. The smallest absolute Gasteiger partial charge is 0.409 e. The summed E-state index contributed by atoms with van der Waals surface area (Å²) in [5, 5.41) is 0. The van der Waals surface area contributed by atoms with Crippen LogP contribution in [-0.4, -0.2) is 74.3 Å². The van der Waals surface area contributed by atoms with E-state index >= 15 is 0 Å². The van der Waals surface area contributed by atoms with Crippen LogP contribution in [0, 0.1) is 0 Å². The average molecular weight is 273 g/mol. The molecular weight excluding hydrogens is 250 g/mol. The number of nitrogens with zero attached hydrogens (tertiary/aromatic N) is 2. The molecule has 0 radical (unpaired) electrons. The largest absolute Gasteiger partial charge is 0.450 e. The highest BCUT2D eigenvalue weighted by Gasteiger charge is 2.25. The Hall–Kier alpha value is -1.34. The Labute approximate surface area is 113 Å². The first-order valence-electron chi connectivity index (χ1n) is 6.54. The van der Waals surface area contributed by atoms with Crippen molar-refractivity contribution in [3.8, 4) is 0 Å². The minimum atomic E-state index is -0.314. The average Bonchev–Trinajstić information content (AvgIpc) is 2.45. The number of methoxy groups -OCH3 is 1. The van der Waals surface area contributed by atoms with Crippen LogP contribution >= 0.6 is 0 Å². The predicted molar refractivity (Wildman–Crippen MR) is 69.6 cm³/mol. The molecule has 1 unspecified atom stereocenters. The first kappa shape index (κ1) is 15.7. The molecule has 2 amide bonds. The maximum Gasteiger partial charge on any atom is 0.409 e. The number of ether oxygens (including phenoxy) is 2. The molecule has 7 heteroatoms. The maximum absolute atomic E-state index is 12.0. The Morgan fingerprint density at radius 3 is 2.26 bits per heavy atom. The first-order chi connectivity index (χ1) is 9.12. The number of amides is 2. The third kappa shape index (κ3) is 4.68. The second-order valence-electron chi connectivity index (χ2n) is 4.36. The maximum atomic E-state index is 12.0. The van der Waals surface area contributed by atoms with Gasteiger partial charge in [-0.1, -0.05) is 0 Å². The van der Waals surface area contributed by atoms with Crippen molar-refractivity contribution >= 4 is 12.0 Å². The number of nitrogens with two attached hydrogens (primary N) is 1. The number of carbonyl (C=O) groups excluding carboxylic acids is 2. The molecule has 19 heavy (non-hydrogen) atoms. The van der Waals surface area contributed by atoms with E-state index in [1.165, 1.54) is 0 Å². The lowest BCUT2D eigenvalue weighted by Gasteiger charge is -2.34. The summed E-state index contributed by atoms with van der Waals surface area (Å²) in [6.07, 6.45) is -0.270. The summed E-state index contributed by atoms with van der Waals surface area (Å²) in [5.41, 5.74) is 5.49. The third-order valence-corrected chi connectivity index (χ3v) is 3.16. The van der Waals surface area contributed by atoms with Crippen LogP contribution in [0.4, 0.5) is 4.79 Å². The Morgan fingerprint density at radius 2 is 1.79 bits per heavy atom. The van der Waals surface area contributed by atoms with Crippen molar-refractivity contribution in [2.45, 2.75) is 19.4 Å². The van der Waals surface area contributed by atoms with Gasteiger partial charge in [0.25, 0.3) is 0 Å². The fraction of sp³-hybridized carbons (Fsp3) is 0.833. The second kappa shape index (κ2) is 7.96. The number of carbonyl (C=O) groups is 2. The molecule has 1 aliphatic rings. The van der Waals surface area contributed by atoms with Gasteiger partial charge in [-0.05, 0) is 6.92 Å². The third-order valence-electron chi connectivity index (χ3n) is 3.16.